The molecule has 4 aliphatic rings. The molecule has 3 aromatic rings. The van der Waals surface area contributed by atoms with Crippen LogP contribution in [0.3, 0.4) is 0 Å². The van der Waals surface area contributed by atoms with Gasteiger partial charge in [0.05, 0.1) is 53.8 Å². The molecule has 0 fully saturated rings. The number of allylic oxidation sites excluding steroid dienone is 1. The summed E-state index contributed by atoms with van der Waals surface area (Å²) in [6, 6.07) is 1.26. The lowest BCUT2D eigenvalue weighted by Crippen LogP contribution is -2.48. The van der Waals surface area contributed by atoms with Crippen LogP contribution in [0.2, 0.25) is 0 Å². The van der Waals surface area contributed by atoms with Crippen LogP contribution in [0.4, 0.5) is 4.39 Å². The average Bonchev–Trinajstić information content (AvgIpc) is 3.38. The smallest absolute Gasteiger partial charge is 0.397 e. The maximum absolute atomic E-state index is 15.2. The number of carbonyl (C=O) groups is 4. The summed E-state index contributed by atoms with van der Waals surface area (Å²) in [5, 5.41) is 3.73. The fourth-order valence-electron chi connectivity index (χ4n) is 7.37. The summed E-state index contributed by atoms with van der Waals surface area (Å²) in [5.74, 6) is -0.486. The summed E-state index contributed by atoms with van der Waals surface area (Å²) in [6.45, 7) is 3.57. The first-order valence-electron chi connectivity index (χ1n) is 15.3. The predicted molar refractivity (Wildman–Crippen MR) is 162 cm³/mol. The van der Waals surface area contributed by atoms with E-state index < -0.39 is 53.9 Å². The number of ether oxygens (including phenoxy) is 1. The number of esters is 1. The Morgan fingerprint density at radius 2 is 1.98 bits per heavy atom. The second-order valence-electron chi connectivity index (χ2n) is 12.3. The van der Waals surface area contributed by atoms with Crippen LogP contribution in [0.25, 0.3) is 22.3 Å². The van der Waals surface area contributed by atoms with Gasteiger partial charge >= 0.3 is 11.9 Å². The SMILES string of the molecule is CC[C@H]1C(=O)OCc2c1cc1n(c2=O)Cc2c-1nc1cc(F)c(C)c3c1c2C(NC(=O)[C@H](CC(N)=O)[N+]1=C=C(N)CCC1=O)CC3. The van der Waals surface area contributed by atoms with Gasteiger partial charge in [0, 0.05) is 23.4 Å². The Bertz CT molecular complexity index is 2080. The first kappa shape index (κ1) is 29.5. The largest absolute Gasteiger partial charge is 0.460 e. The summed E-state index contributed by atoms with van der Waals surface area (Å²) in [4.78, 5) is 70.0. The van der Waals surface area contributed by atoms with Crippen LogP contribution in [0.15, 0.2) is 22.6 Å². The number of benzene rings is 1. The highest BCUT2D eigenvalue weighted by atomic mass is 19.1. The highest BCUT2D eigenvalue weighted by molar-refractivity contribution is 5.95. The zero-order valence-corrected chi connectivity index (χ0v) is 25.4. The van der Waals surface area contributed by atoms with Gasteiger partial charge in [-0.1, -0.05) is 6.92 Å². The minimum Gasteiger partial charge on any atom is -0.460 e. The van der Waals surface area contributed by atoms with Crippen LogP contribution >= 0.6 is 0 Å². The van der Waals surface area contributed by atoms with E-state index in [0.717, 1.165) is 10.1 Å². The van der Waals surface area contributed by atoms with E-state index in [9.17, 15) is 24.0 Å². The zero-order valence-electron chi connectivity index (χ0n) is 25.4. The molecule has 0 bridgehead atoms. The monoisotopic (exact) mass is 627 g/mol. The van der Waals surface area contributed by atoms with Gasteiger partial charge in [-0.3, -0.25) is 19.2 Å². The number of amides is 3. The Kier molecular flexibility index (Phi) is 6.89. The number of cyclic esters (lactones) is 1. The molecule has 3 atom stereocenters. The molecular weight excluding hydrogens is 595 g/mol. The van der Waals surface area contributed by atoms with Crippen molar-refractivity contribution in [3.8, 4) is 11.4 Å². The lowest BCUT2D eigenvalue weighted by Gasteiger charge is -2.30. The van der Waals surface area contributed by atoms with Crippen molar-refractivity contribution in [1.29, 1.82) is 0 Å². The Labute approximate surface area is 261 Å². The second-order valence-corrected chi connectivity index (χ2v) is 12.3. The van der Waals surface area contributed by atoms with E-state index in [1.165, 1.54) is 6.07 Å². The standard InChI is InChI=1S/C33H31FN6O6/c1-3-16-18-8-24-30-19(12-40(24)32(44)20(18)13-46-33(16)45)29-22(6-5-17-14(2)21(34)9-23(37-30)28(17)29)38-31(43)25(10-26(36)41)39-11-15(35)4-7-27(39)42/h8-9,16,22,25H,3-7,10,12-13,35H2,1-2H3,(H2-,36,38,41,43)/p+1/t16-,22?,25+/m1/s1. The number of hydrogen-bond donors (Lipinski definition) is 3. The summed E-state index contributed by atoms with van der Waals surface area (Å²) in [6.07, 6.45) is 1.17. The zero-order chi connectivity index (χ0) is 32.6. The van der Waals surface area contributed by atoms with Gasteiger partial charge in [-0.05, 0) is 54.5 Å². The Hall–Kier alpha value is -5.16. The number of nitrogens with zero attached hydrogens (tertiary/aromatic N) is 3. The number of aromatic nitrogens is 2. The number of halogens is 1. The molecule has 5 heterocycles. The quantitative estimate of drug-likeness (QED) is 0.213. The molecule has 1 unspecified atom stereocenters. The molecule has 12 nitrogen and oxygen atoms in total. The van der Waals surface area contributed by atoms with Crippen molar-refractivity contribution in [3.05, 3.63) is 67.4 Å². The van der Waals surface area contributed by atoms with Crippen molar-refractivity contribution in [3.63, 3.8) is 0 Å². The Morgan fingerprint density at radius 3 is 2.72 bits per heavy atom. The molecular formula is C33H32FN6O6+. The molecule has 7 rings (SSSR count). The van der Waals surface area contributed by atoms with E-state index >= 15 is 4.39 Å². The number of primary amides is 1. The van der Waals surface area contributed by atoms with Gasteiger partial charge in [0.15, 0.2) is 5.87 Å². The van der Waals surface area contributed by atoms with Crippen molar-refractivity contribution in [2.75, 3.05) is 0 Å². The van der Waals surface area contributed by atoms with E-state index in [1.807, 2.05) is 13.0 Å². The minimum atomic E-state index is -1.28. The molecule has 5 N–H and O–H groups in total. The highest BCUT2D eigenvalue weighted by Crippen LogP contribution is 2.45. The molecule has 3 amide bonds. The number of aryl methyl sites for hydroxylation is 1. The molecule has 3 aliphatic heterocycles. The first-order valence-corrected chi connectivity index (χ1v) is 15.3. The molecule has 46 heavy (non-hydrogen) atoms. The summed E-state index contributed by atoms with van der Waals surface area (Å²) < 4.78 is 23.2. The third-order valence-electron chi connectivity index (χ3n) is 9.66. The number of fused-ring (bicyclic) bond motifs is 5. The second kappa shape index (κ2) is 10.7. The van der Waals surface area contributed by atoms with E-state index in [1.54, 1.807) is 11.5 Å². The number of nitrogens with two attached hydrogens (primary N) is 2. The number of nitrogens with one attached hydrogen (secondary N) is 1. The van der Waals surface area contributed by atoms with E-state index in [4.69, 9.17) is 21.2 Å². The molecule has 236 valence electrons. The van der Waals surface area contributed by atoms with Gasteiger partial charge in [-0.15, -0.1) is 4.58 Å². The molecule has 0 saturated carbocycles. The number of carbonyl (C=O) groups excluding carboxylic acids is 4. The third-order valence-corrected chi connectivity index (χ3v) is 9.66. The molecule has 1 aromatic carbocycles. The predicted octanol–water partition coefficient (Wildman–Crippen LogP) is 1.62. The fraction of sp³-hybridized carbons (Fsp3) is 0.394. The van der Waals surface area contributed by atoms with E-state index in [2.05, 4.69) is 11.2 Å². The van der Waals surface area contributed by atoms with Gasteiger partial charge in [-0.2, -0.15) is 0 Å². The van der Waals surface area contributed by atoms with Gasteiger partial charge in [0.2, 0.25) is 5.91 Å². The fourth-order valence-corrected chi connectivity index (χ4v) is 7.37. The number of pyridine rings is 2. The first-order chi connectivity index (χ1) is 22.0. The van der Waals surface area contributed by atoms with E-state index in [0.29, 0.717) is 75.8 Å². The molecule has 0 spiro atoms. The van der Waals surface area contributed by atoms with Crippen LogP contribution in [-0.4, -0.2) is 49.7 Å². The highest BCUT2D eigenvalue weighted by Gasteiger charge is 2.42. The number of hydrogen-bond acceptors (Lipinski definition) is 8. The average molecular weight is 628 g/mol. The van der Waals surface area contributed by atoms with Crippen molar-refractivity contribution in [1.82, 2.24) is 14.9 Å². The van der Waals surface area contributed by atoms with Gasteiger partial charge in [0.1, 0.15) is 18.1 Å². The maximum Gasteiger partial charge on any atom is 0.397 e. The molecule has 2 aromatic heterocycles. The van der Waals surface area contributed by atoms with Crippen molar-refractivity contribution < 1.29 is 32.9 Å². The minimum absolute atomic E-state index is 0.0635. The maximum atomic E-state index is 15.2. The van der Waals surface area contributed by atoms with Crippen LogP contribution in [0.1, 0.15) is 84.4 Å². The van der Waals surface area contributed by atoms with Crippen LogP contribution in [0.5, 0.6) is 0 Å². The third kappa shape index (κ3) is 4.45. The molecule has 0 saturated heterocycles. The van der Waals surface area contributed by atoms with Crippen molar-refractivity contribution in [2.24, 2.45) is 11.5 Å². The molecule has 1 aliphatic carbocycles. The van der Waals surface area contributed by atoms with Crippen LogP contribution in [-0.2, 0) is 43.5 Å². The van der Waals surface area contributed by atoms with Crippen molar-refractivity contribution in [2.45, 2.75) is 83.5 Å². The van der Waals surface area contributed by atoms with Crippen LogP contribution < -0.4 is 22.3 Å². The lowest BCUT2D eigenvalue weighted by atomic mass is 9.81. The summed E-state index contributed by atoms with van der Waals surface area (Å²) >= 11 is 0. The van der Waals surface area contributed by atoms with Crippen molar-refractivity contribution >= 4 is 40.5 Å². The summed E-state index contributed by atoms with van der Waals surface area (Å²) in [5.41, 5.74) is 16.4. The normalized spacial score (nSPS) is 20.2. The summed E-state index contributed by atoms with van der Waals surface area (Å²) in [7, 11) is 0. The Morgan fingerprint density at radius 1 is 1.20 bits per heavy atom. The van der Waals surface area contributed by atoms with Gasteiger partial charge in [-0.25, -0.2) is 14.2 Å². The van der Waals surface area contributed by atoms with Crippen LogP contribution in [0, 0.1) is 12.7 Å². The molecule has 13 heteroatoms. The topological polar surface area (TPSA) is 179 Å². The number of rotatable bonds is 6. The van der Waals surface area contributed by atoms with Gasteiger partial charge < -0.3 is 26.1 Å². The lowest BCUT2D eigenvalue weighted by molar-refractivity contribution is -0.470. The Balaban J connectivity index is 1.39. The van der Waals surface area contributed by atoms with E-state index in [-0.39, 0.29) is 30.8 Å². The van der Waals surface area contributed by atoms with Gasteiger partial charge in [0.25, 0.3) is 17.5 Å². The molecule has 0 radical (unpaired) electrons.